The van der Waals surface area contributed by atoms with Gasteiger partial charge in [-0.3, -0.25) is 9.59 Å². The molecule has 2 amide bonds. The minimum atomic E-state index is -0.658. The molecule has 2 aromatic rings. The molecule has 2 aromatic carbocycles. The van der Waals surface area contributed by atoms with Gasteiger partial charge in [-0.2, -0.15) is 0 Å². The Morgan fingerprint density at radius 2 is 1.54 bits per heavy atom. The zero-order valence-electron chi connectivity index (χ0n) is 15.7. The molecule has 5 nitrogen and oxygen atoms in total. The van der Waals surface area contributed by atoms with Crippen LogP contribution in [0.5, 0.6) is 0 Å². The summed E-state index contributed by atoms with van der Waals surface area (Å²) in [6.07, 6.45) is 0.632. The number of amides is 2. The zero-order valence-corrected chi connectivity index (χ0v) is 17.2. The number of carbonyl (C=O) groups excluding carboxylic acids is 2. The number of hydrogen-bond donors (Lipinski definition) is 2. The van der Waals surface area contributed by atoms with E-state index in [9.17, 15) is 9.59 Å². The van der Waals surface area contributed by atoms with Crippen LogP contribution in [-0.4, -0.2) is 41.0 Å². The van der Waals surface area contributed by atoms with Crippen molar-refractivity contribution in [3.63, 3.8) is 0 Å². The number of aliphatic hydroxyl groups excluding tert-OH is 1. The Kier molecular flexibility index (Phi) is 8.77. The second kappa shape index (κ2) is 11.1. The van der Waals surface area contributed by atoms with Crippen molar-refractivity contribution in [3.05, 3.63) is 69.7 Å². The van der Waals surface area contributed by atoms with Crippen LogP contribution < -0.4 is 5.32 Å². The van der Waals surface area contributed by atoms with Crippen molar-refractivity contribution in [2.45, 2.75) is 32.4 Å². The van der Waals surface area contributed by atoms with Gasteiger partial charge in [-0.05, 0) is 48.7 Å². The van der Waals surface area contributed by atoms with Crippen LogP contribution >= 0.6 is 23.2 Å². The lowest BCUT2D eigenvalue weighted by Gasteiger charge is -2.29. The third kappa shape index (κ3) is 6.82. The van der Waals surface area contributed by atoms with Gasteiger partial charge < -0.3 is 15.3 Å². The van der Waals surface area contributed by atoms with E-state index in [-0.39, 0.29) is 31.4 Å². The summed E-state index contributed by atoms with van der Waals surface area (Å²) in [7, 11) is 0. The second-order valence-electron chi connectivity index (χ2n) is 6.50. The number of halogens is 2. The quantitative estimate of drug-likeness (QED) is 0.607. The van der Waals surface area contributed by atoms with Crippen molar-refractivity contribution in [2.24, 2.45) is 0 Å². The van der Waals surface area contributed by atoms with Crippen LogP contribution in [0, 0.1) is 0 Å². The Labute approximate surface area is 175 Å². The van der Waals surface area contributed by atoms with E-state index in [0.29, 0.717) is 23.0 Å². The van der Waals surface area contributed by atoms with Crippen molar-refractivity contribution in [3.8, 4) is 0 Å². The molecule has 0 bridgehead atoms. The summed E-state index contributed by atoms with van der Waals surface area (Å²) in [5, 5.41) is 12.8. The zero-order chi connectivity index (χ0) is 20.5. The minimum Gasteiger partial charge on any atom is -0.396 e. The fraction of sp³-hybridized carbons (Fsp3) is 0.333. The smallest absolute Gasteiger partial charge is 0.242 e. The van der Waals surface area contributed by atoms with Gasteiger partial charge in [0.05, 0.1) is 6.42 Å². The molecule has 0 aliphatic rings. The number of benzene rings is 2. The molecule has 0 saturated heterocycles. The molecule has 28 heavy (non-hydrogen) atoms. The summed E-state index contributed by atoms with van der Waals surface area (Å²) in [6.45, 7) is 2.35. The molecule has 0 spiro atoms. The Morgan fingerprint density at radius 3 is 2.07 bits per heavy atom. The Bertz CT molecular complexity index is 779. The van der Waals surface area contributed by atoms with E-state index >= 15 is 0 Å². The predicted octanol–water partition coefficient (Wildman–Crippen LogP) is 3.45. The van der Waals surface area contributed by atoms with Crippen molar-refractivity contribution in [1.82, 2.24) is 10.2 Å². The van der Waals surface area contributed by atoms with E-state index in [4.69, 9.17) is 28.3 Å². The maximum Gasteiger partial charge on any atom is 0.242 e. The second-order valence-corrected chi connectivity index (χ2v) is 7.37. The van der Waals surface area contributed by atoms with E-state index in [2.05, 4.69) is 5.32 Å². The SMILES string of the molecule is C[C@H](C(=O)NCCCO)N(Cc1ccc(Cl)cc1)C(=O)Cc1ccc(Cl)cc1. The molecule has 2 N–H and O–H groups in total. The normalized spacial score (nSPS) is 11.7. The van der Waals surface area contributed by atoms with Crippen LogP contribution in [-0.2, 0) is 22.6 Å². The van der Waals surface area contributed by atoms with Crippen molar-refractivity contribution in [2.75, 3.05) is 13.2 Å². The lowest BCUT2D eigenvalue weighted by molar-refractivity contribution is -0.140. The molecule has 0 heterocycles. The number of rotatable bonds is 9. The summed E-state index contributed by atoms with van der Waals surface area (Å²) in [6, 6.07) is 13.6. The van der Waals surface area contributed by atoms with Crippen LogP contribution in [0.1, 0.15) is 24.5 Å². The van der Waals surface area contributed by atoms with Crippen LogP contribution in [0.25, 0.3) is 0 Å². The molecular weight excluding hydrogens is 399 g/mol. The summed E-state index contributed by atoms with van der Waals surface area (Å²) in [4.78, 5) is 27.0. The van der Waals surface area contributed by atoms with E-state index in [1.54, 1.807) is 48.2 Å². The minimum absolute atomic E-state index is 0.00134. The standard InChI is InChI=1S/C21H24Cl2N2O3/c1-15(21(28)24-11-2-12-26)25(14-17-5-9-19(23)10-6-17)20(27)13-16-3-7-18(22)8-4-16/h3-10,15,26H,2,11-14H2,1H3,(H,24,28)/t15-/m1/s1. The van der Waals surface area contributed by atoms with Gasteiger partial charge in [-0.25, -0.2) is 0 Å². The molecule has 150 valence electrons. The third-order valence-electron chi connectivity index (χ3n) is 4.34. The molecule has 0 fully saturated rings. The van der Waals surface area contributed by atoms with Crippen LogP contribution in [0.4, 0.5) is 0 Å². The summed E-state index contributed by atoms with van der Waals surface area (Å²) in [5.41, 5.74) is 1.70. The van der Waals surface area contributed by atoms with Gasteiger partial charge in [0.15, 0.2) is 0 Å². The molecule has 0 saturated carbocycles. The van der Waals surface area contributed by atoms with Crippen molar-refractivity contribution < 1.29 is 14.7 Å². The number of hydrogen-bond acceptors (Lipinski definition) is 3. The highest BCUT2D eigenvalue weighted by molar-refractivity contribution is 6.30. The highest BCUT2D eigenvalue weighted by atomic mass is 35.5. The topological polar surface area (TPSA) is 69.6 Å². The largest absolute Gasteiger partial charge is 0.396 e. The maximum absolute atomic E-state index is 13.0. The first-order valence-electron chi connectivity index (χ1n) is 9.07. The highest BCUT2D eigenvalue weighted by Crippen LogP contribution is 2.16. The Morgan fingerprint density at radius 1 is 1.00 bits per heavy atom. The van der Waals surface area contributed by atoms with Gasteiger partial charge in [0.25, 0.3) is 0 Å². The average Bonchev–Trinajstić information content (AvgIpc) is 2.68. The van der Waals surface area contributed by atoms with Gasteiger partial charge in [-0.1, -0.05) is 47.5 Å². The van der Waals surface area contributed by atoms with E-state index in [0.717, 1.165) is 11.1 Å². The molecule has 0 aliphatic carbocycles. The van der Waals surface area contributed by atoms with Crippen molar-refractivity contribution >= 4 is 35.0 Å². The molecular formula is C21H24Cl2N2O3. The Balaban J connectivity index is 2.15. The molecule has 2 rings (SSSR count). The van der Waals surface area contributed by atoms with Gasteiger partial charge in [0, 0.05) is 29.7 Å². The lowest BCUT2D eigenvalue weighted by atomic mass is 10.1. The number of nitrogens with one attached hydrogen (secondary N) is 1. The third-order valence-corrected chi connectivity index (χ3v) is 4.84. The van der Waals surface area contributed by atoms with Crippen LogP contribution in [0.15, 0.2) is 48.5 Å². The molecule has 0 unspecified atom stereocenters. The summed E-state index contributed by atoms with van der Waals surface area (Å²) >= 11 is 11.8. The maximum atomic E-state index is 13.0. The monoisotopic (exact) mass is 422 g/mol. The molecule has 0 aromatic heterocycles. The van der Waals surface area contributed by atoms with Gasteiger partial charge in [0.2, 0.25) is 11.8 Å². The van der Waals surface area contributed by atoms with E-state index in [1.165, 1.54) is 0 Å². The van der Waals surface area contributed by atoms with Gasteiger partial charge in [-0.15, -0.1) is 0 Å². The average molecular weight is 423 g/mol. The fourth-order valence-corrected chi connectivity index (χ4v) is 2.94. The first-order chi connectivity index (χ1) is 13.4. The van der Waals surface area contributed by atoms with Crippen LogP contribution in [0.2, 0.25) is 10.0 Å². The predicted molar refractivity (Wildman–Crippen MR) is 111 cm³/mol. The number of nitrogens with zero attached hydrogens (tertiary/aromatic N) is 1. The molecule has 0 radical (unpaired) electrons. The van der Waals surface area contributed by atoms with E-state index < -0.39 is 6.04 Å². The Hall–Kier alpha value is -2.08. The first kappa shape index (κ1) is 22.2. The highest BCUT2D eigenvalue weighted by Gasteiger charge is 2.26. The van der Waals surface area contributed by atoms with Gasteiger partial charge >= 0.3 is 0 Å². The first-order valence-corrected chi connectivity index (χ1v) is 9.83. The van der Waals surface area contributed by atoms with Crippen LogP contribution in [0.3, 0.4) is 0 Å². The molecule has 1 atom stereocenters. The van der Waals surface area contributed by atoms with Gasteiger partial charge in [0.1, 0.15) is 6.04 Å². The number of carbonyl (C=O) groups is 2. The van der Waals surface area contributed by atoms with Crippen molar-refractivity contribution in [1.29, 1.82) is 0 Å². The van der Waals surface area contributed by atoms with E-state index in [1.807, 2.05) is 12.1 Å². The summed E-state index contributed by atoms with van der Waals surface area (Å²) in [5.74, 6) is -0.422. The number of aliphatic hydroxyl groups is 1. The summed E-state index contributed by atoms with van der Waals surface area (Å²) < 4.78 is 0. The molecule has 0 aliphatic heterocycles. The fourth-order valence-electron chi connectivity index (χ4n) is 2.69. The lowest BCUT2D eigenvalue weighted by Crippen LogP contribution is -2.48. The molecule has 7 heteroatoms.